The SMILES string of the molecule is NC(=O)CCC(N)C(=O)NC(CC(=O)O)C(=O)NC(CCC(N)=O)C(=O)NC(CS)C(=O)O. The Morgan fingerprint density at radius 3 is 1.64 bits per heavy atom. The van der Waals surface area contributed by atoms with Crippen molar-refractivity contribution < 1.29 is 43.8 Å². The van der Waals surface area contributed by atoms with Crippen molar-refractivity contribution in [3.8, 4) is 0 Å². The molecule has 0 heterocycles. The molecule has 0 bridgehead atoms. The van der Waals surface area contributed by atoms with Crippen molar-refractivity contribution in [2.45, 2.75) is 56.3 Å². The van der Waals surface area contributed by atoms with Crippen molar-refractivity contribution in [1.29, 1.82) is 0 Å². The van der Waals surface area contributed by atoms with E-state index in [0.29, 0.717) is 0 Å². The lowest BCUT2D eigenvalue weighted by Gasteiger charge is -2.24. The lowest BCUT2D eigenvalue weighted by molar-refractivity contribution is -0.143. The van der Waals surface area contributed by atoms with Gasteiger partial charge >= 0.3 is 11.9 Å². The van der Waals surface area contributed by atoms with Crippen LogP contribution in [0.2, 0.25) is 0 Å². The van der Waals surface area contributed by atoms with Gasteiger partial charge in [-0.25, -0.2) is 4.79 Å². The van der Waals surface area contributed by atoms with Gasteiger partial charge in [0, 0.05) is 18.6 Å². The molecule has 0 aliphatic rings. The highest BCUT2D eigenvalue weighted by atomic mass is 32.1. The Balaban J connectivity index is 5.47. The van der Waals surface area contributed by atoms with Crippen LogP contribution in [0.15, 0.2) is 0 Å². The van der Waals surface area contributed by atoms with Crippen molar-refractivity contribution in [1.82, 2.24) is 16.0 Å². The normalized spacial score (nSPS) is 14.1. The molecule has 0 saturated heterocycles. The molecule has 0 rings (SSSR count). The Morgan fingerprint density at radius 1 is 0.727 bits per heavy atom. The number of rotatable bonds is 16. The van der Waals surface area contributed by atoms with Crippen molar-refractivity contribution in [2.24, 2.45) is 17.2 Å². The molecule has 0 spiro atoms. The second-order valence-corrected chi connectivity index (χ2v) is 7.28. The number of carboxylic acid groups (broad SMARTS) is 2. The molecule has 5 amide bonds. The van der Waals surface area contributed by atoms with Crippen LogP contribution in [0.5, 0.6) is 0 Å². The third kappa shape index (κ3) is 12.3. The molecule has 0 radical (unpaired) electrons. The number of amides is 5. The van der Waals surface area contributed by atoms with Crippen LogP contribution in [0.3, 0.4) is 0 Å². The van der Waals surface area contributed by atoms with Gasteiger partial charge in [0.25, 0.3) is 0 Å². The average molecular weight is 493 g/mol. The van der Waals surface area contributed by atoms with E-state index in [1.807, 2.05) is 0 Å². The summed E-state index contributed by atoms with van der Waals surface area (Å²) in [6.45, 7) is 0. The predicted octanol–water partition coefficient (Wildman–Crippen LogP) is -4.21. The first-order chi connectivity index (χ1) is 15.3. The fraction of sp³-hybridized carbons (Fsp3) is 0.588. The van der Waals surface area contributed by atoms with Crippen molar-refractivity contribution in [3.63, 3.8) is 0 Å². The molecule has 0 aromatic heterocycles. The molecule has 4 unspecified atom stereocenters. The third-order valence-electron chi connectivity index (χ3n) is 4.16. The number of primary amides is 2. The van der Waals surface area contributed by atoms with Gasteiger partial charge in [-0.2, -0.15) is 12.6 Å². The van der Waals surface area contributed by atoms with Gasteiger partial charge in [-0.1, -0.05) is 0 Å². The van der Waals surface area contributed by atoms with Gasteiger partial charge in [0.2, 0.25) is 29.5 Å². The third-order valence-corrected chi connectivity index (χ3v) is 4.52. The van der Waals surface area contributed by atoms with E-state index in [-0.39, 0.29) is 31.4 Å². The molecule has 0 aromatic rings. The number of carbonyl (C=O) groups excluding carboxylic acids is 5. The second kappa shape index (κ2) is 14.6. The van der Waals surface area contributed by atoms with E-state index in [1.165, 1.54) is 0 Å². The first kappa shape index (κ1) is 29.6. The molecule has 33 heavy (non-hydrogen) atoms. The summed E-state index contributed by atoms with van der Waals surface area (Å²) >= 11 is 3.80. The number of hydrogen-bond acceptors (Lipinski definition) is 9. The van der Waals surface area contributed by atoms with Crippen LogP contribution in [0.25, 0.3) is 0 Å². The van der Waals surface area contributed by atoms with Crippen LogP contribution in [0.4, 0.5) is 0 Å². The summed E-state index contributed by atoms with van der Waals surface area (Å²) in [4.78, 5) is 81.4. The van der Waals surface area contributed by atoms with E-state index in [2.05, 4.69) is 28.6 Å². The Labute approximate surface area is 193 Å². The first-order valence-electron chi connectivity index (χ1n) is 9.57. The largest absolute Gasteiger partial charge is 0.481 e. The lowest BCUT2D eigenvalue weighted by atomic mass is 10.1. The van der Waals surface area contributed by atoms with E-state index in [9.17, 15) is 33.6 Å². The maximum Gasteiger partial charge on any atom is 0.327 e. The van der Waals surface area contributed by atoms with E-state index < -0.39 is 72.1 Å². The summed E-state index contributed by atoms with van der Waals surface area (Å²) in [5.74, 6) is -7.75. The molecule has 0 saturated carbocycles. The Kier molecular flexibility index (Phi) is 13.1. The monoisotopic (exact) mass is 492 g/mol. The number of carbonyl (C=O) groups is 7. The van der Waals surface area contributed by atoms with E-state index in [4.69, 9.17) is 27.4 Å². The summed E-state index contributed by atoms with van der Waals surface area (Å²) in [7, 11) is 0. The Hall–Kier alpha value is -3.40. The lowest BCUT2D eigenvalue weighted by Crippen LogP contribution is -2.57. The minimum atomic E-state index is -1.68. The maximum atomic E-state index is 12.6. The van der Waals surface area contributed by atoms with Crippen LogP contribution in [-0.4, -0.2) is 81.6 Å². The topological polar surface area (TPSA) is 274 Å². The molecular formula is C17H28N6O9S. The molecule has 0 aromatic carbocycles. The standard InChI is InChI=1S/C17H28N6O9S/c18-7(1-3-11(19)24)14(28)22-9(5-13(26)27)16(30)21-8(2-4-12(20)25)15(29)23-10(6-33)17(31)32/h7-10,33H,1-6,18H2,(H2,19,24)(H2,20,25)(H,21,30)(H,22,28)(H,23,29)(H,26,27)(H,31,32). The number of nitrogens with one attached hydrogen (secondary N) is 3. The molecule has 15 nitrogen and oxygen atoms in total. The minimum absolute atomic E-state index is 0.160. The van der Waals surface area contributed by atoms with Crippen LogP contribution < -0.4 is 33.2 Å². The zero-order valence-corrected chi connectivity index (χ0v) is 18.4. The summed E-state index contributed by atoms with van der Waals surface area (Å²) in [5, 5.41) is 24.5. The number of carboxylic acids is 2. The number of thiol groups is 1. The quantitative estimate of drug-likeness (QED) is 0.0936. The van der Waals surface area contributed by atoms with Gasteiger partial charge in [-0.15, -0.1) is 0 Å². The number of hydrogen-bond donors (Lipinski definition) is 9. The van der Waals surface area contributed by atoms with Crippen LogP contribution in [-0.2, 0) is 33.6 Å². The van der Waals surface area contributed by atoms with E-state index >= 15 is 0 Å². The van der Waals surface area contributed by atoms with Gasteiger partial charge in [-0.05, 0) is 12.8 Å². The fourth-order valence-corrected chi connectivity index (χ4v) is 2.62. The first-order valence-corrected chi connectivity index (χ1v) is 10.2. The van der Waals surface area contributed by atoms with E-state index in [1.54, 1.807) is 0 Å². The summed E-state index contributed by atoms with van der Waals surface area (Å²) in [6, 6.07) is -5.85. The molecule has 0 aliphatic carbocycles. The highest BCUT2D eigenvalue weighted by Crippen LogP contribution is 2.03. The van der Waals surface area contributed by atoms with Gasteiger partial charge in [0.05, 0.1) is 12.5 Å². The second-order valence-electron chi connectivity index (χ2n) is 6.92. The summed E-state index contributed by atoms with van der Waals surface area (Å²) < 4.78 is 0. The minimum Gasteiger partial charge on any atom is -0.481 e. The van der Waals surface area contributed by atoms with Gasteiger partial charge < -0.3 is 43.4 Å². The maximum absolute atomic E-state index is 12.6. The predicted molar refractivity (Wildman–Crippen MR) is 114 cm³/mol. The molecule has 16 heteroatoms. The van der Waals surface area contributed by atoms with Crippen molar-refractivity contribution in [2.75, 3.05) is 5.75 Å². The van der Waals surface area contributed by atoms with Crippen LogP contribution in [0, 0.1) is 0 Å². The van der Waals surface area contributed by atoms with E-state index in [0.717, 1.165) is 0 Å². The molecule has 11 N–H and O–H groups in total. The summed E-state index contributed by atoms with van der Waals surface area (Å²) in [5.41, 5.74) is 15.6. The molecule has 0 fully saturated rings. The zero-order chi connectivity index (χ0) is 25.7. The highest BCUT2D eigenvalue weighted by Gasteiger charge is 2.31. The summed E-state index contributed by atoms with van der Waals surface area (Å²) in [6.07, 6.45) is -1.98. The smallest absolute Gasteiger partial charge is 0.327 e. The van der Waals surface area contributed by atoms with Gasteiger partial charge in [-0.3, -0.25) is 28.8 Å². The molecule has 186 valence electrons. The van der Waals surface area contributed by atoms with Crippen molar-refractivity contribution in [3.05, 3.63) is 0 Å². The number of aliphatic carboxylic acids is 2. The zero-order valence-electron chi connectivity index (χ0n) is 17.5. The van der Waals surface area contributed by atoms with Crippen molar-refractivity contribution >= 4 is 54.1 Å². The average Bonchev–Trinajstić information content (AvgIpc) is 2.71. The molecule has 4 atom stereocenters. The Morgan fingerprint density at radius 2 is 1.18 bits per heavy atom. The van der Waals surface area contributed by atoms with Crippen LogP contribution >= 0.6 is 12.6 Å². The van der Waals surface area contributed by atoms with Gasteiger partial charge in [0.1, 0.15) is 18.1 Å². The number of nitrogens with two attached hydrogens (primary N) is 3. The molecule has 0 aliphatic heterocycles. The molecular weight excluding hydrogens is 464 g/mol. The highest BCUT2D eigenvalue weighted by molar-refractivity contribution is 7.80. The Bertz CT molecular complexity index is 778. The van der Waals surface area contributed by atoms with Gasteiger partial charge in [0.15, 0.2) is 0 Å². The fourth-order valence-electron chi connectivity index (χ4n) is 2.38. The van der Waals surface area contributed by atoms with Crippen LogP contribution in [0.1, 0.15) is 32.1 Å².